The average Bonchev–Trinajstić information content (AvgIpc) is 2.82. The maximum Gasteiger partial charge on any atom is 0.222 e. The van der Waals surface area contributed by atoms with Crippen molar-refractivity contribution in [3.63, 3.8) is 0 Å². The molecule has 0 saturated carbocycles. The standard InChI is InChI=1S/C13H25N3O/c1-15-11-12(5-6-13(15)17)14-7-4-10-16-8-2-3-9-16/h12,14H,2-11H2,1H3. The van der Waals surface area contributed by atoms with Crippen LogP contribution in [0.25, 0.3) is 0 Å². The Balaban J connectivity index is 1.54. The van der Waals surface area contributed by atoms with Gasteiger partial charge in [-0.25, -0.2) is 0 Å². The van der Waals surface area contributed by atoms with Gasteiger partial charge >= 0.3 is 0 Å². The summed E-state index contributed by atoms with van der Waals surface area (Å²) in [4.78, 5) is 15.7. The lowest BCUT2D eigenvalue weighted by atomic mass is 10.1. The maximum absolute atomic E-state index is 11.3. The highest BCUT2D eigenvalue weighted by Gasteiger charge is 2.22. The van der Waals surface area contributed by atoms with Gasteiger partial charge in [-0.3, -0.25) is 4.79 Å². The van der Waals surface area contributed by atoms with Gasteiger partial charge in [-0.1, -0.05) is 0 Å². The summed E-state index contributed by atoms with van der Waals surface area (Å²) < 4.78 is 0. The first-order chi connectivity index (χ1) is 8.25. The fraction of sp³-hybridized carbons (Fsp3) is 0.923. The third kappa shape index (κ3) is 3.96. The summed E-state index contributed by atoms with van der Waals surface area (Å²) in [7, 11) is 1.90. The molecule has 0 aromatic rings. The Hall–Kier alpha value is -0.610. The number of likely N-dealkylation sites (N-methyl/N-ethyl adjacent to an activating group) is 1. The van der Waals surface area contributed by atoms with E-state index in [9.17, 15) is 4.79 Å². The van der Waals surface area contributed by atoms with Crippen LogP contribution in [0.4, 0.5) is 0 Å². The van der Waals surface area contributed by atoms with Crippen LogP contribution < -0.4 is 5.32 Å². The Morgan fingerprint density at radius 2 is 2.12 bits per heavy atom. The summed E-state index contributed by atoms with van der Waals surface area (Å²) >= 11 is 0. The van der Waals surface area contributed by atoms with E-state index in [-0.39, 0.29) is 0 Å². The van der Waals surface area contributed by atoms with Gasteiger partial charge in [-0.2, -0.15) is 0 Å². The SMILES string of the molecule is CN1CC(NCCCN2CCCC2)CCC1=O. The number of likely N-dealkylation sites (tertiary alicyclic amines) is 2. The van der Waals surface area contributed by atoms with Crippen molar-refractivity contribution in [3.8, 4) is 0 Å². The summed E-state index contributed by atoms with van der Waals surface area (Å²) in [6.07, 6.45) is 5.70. The number of carbonyl (C=O) groups is 1. The molecule has 0 aliphatic carbocycles. The van der Waals surface area contributed by atoms with Gasteiger partial charge in [0.1, 0.15) is 0 Å². The van der Waals surface area contributed by atoms with Crippen molar-refractivity contribution in [2.45, 2.75) is 38.1 Å². The van der Waals surface area contributed by atoms with Crippen LogP contribution in [0.3, 0.4) is 0 Å². The first-order valence-corrected chi connectivity index (χ1v) is 6.95. The maximum atomic E-state index is 11.3. The van der Waals surface area contributed by atoms with E-state index in [1.165, 1.54) is 38.9 Å². The minimum absolute atomic E-state index is 0.292. The van der Waals surface area contributed by atoms with Crippen LogP contribution in [-0.2, 0) is 4.79 Å². The lowest BCUT2D eigenvalue weighted by Gasteiger charge is -2.30. The van der Waals surface area contributed by atoms with Crippen molar-refractivity contribution in [3.05, 3.63) is 0 Å². The van der Waals surface area contributed by atoms with E-state index < -0.39 is 0 Å². The molecule has 0 bridgehead atoms. The molecule has 1 amide bonds. The van der Waals surface area contributed by atoms with E-state index in [1.807, 2.05) is 11.9 Å². The topological polar surface area (TPSA) is 35.6 Å². The molecule has 2 fully saturated rings. The Kier molecular flexibility index (Phi) is 4.80. The number of hydrogen-bond acceptors (Lipinski definition) is 3. The van der Waals surface area contributed by atoms with Gasteiger partial charge in [0, 0.05) is 26.1 Å². The summed E-state index contributed by atoms with van der Waals surface area (Å²) in [5.74, 6) is 0.292. The third-order valence-corrected chi connectivity index (χ3v) is 3.91. The van der Waals surface area contributed by atoms with Gasteiger partial charge in [0.25, 0.3) is 0 Å². The number of carbonyl (C=O) groups excluding carboxylic acids is 1. The van der Waals surface area contributed by atoms with E-state index >= 15 is 0 Å². The minimum Gasteiger partial charge on any atom is -0.344 e. The molecule has 1 N–H and O–H groups in total. The first kappa shape index (κ1) is 12.8. The molecule has 2 aliphatic heterocycles. The lowest BCUT2D eigenvalue weighted by Crippen LogP contribution is -2.47. The molecule has 2 aliphatic rings. The number of nitrogens with one attached hydrogen (secondary N) is 1. The van der Waals surface area contributed by atoms with Crippen molar-refractivity contribution < 1.29 is 4.79 Å². The van der Waals surface area contributed by atoms with Crippen LogP contribution >= 0.6 is 0 Å². The van der Waals surface area contributed by atoms with E-state index in [2.05, 4.69) is 10.2 Å². The molecule has 2 rings (SSSR count). The quantitative estimate of drug-likeness (QED) is 0.717. The lowest BCUT2D eigenvalue weighted by molar-refractivity contribution is -0.132. The van der Waals surface area contributed by atoms with Gasteiger partial charge < -0.3 is 15.1 Å². The Morgan fingerprint density at radius 3 is 2.82 bits per heavy atom. The second-order valence-corrected chi connectivity index (χ2v) is 5.37. The van der Waals surface area contributed by atoms with Crippen LogP contribution in [0.15, 0.2) is 0 Å². The summed E-state index contributed by atoms with van der Waals surface area (Å²) in [6, 6.07) is 0.510. The summed E-state index contributed by atoms with van der Waals surface area (Å²) in [5, 5.41) is 3.58. The zero-order valence-electron chi connectivity index (χ0n) is 11.0. The molecule has 4 nitrogen and oxygen atoms in total. The number of rotatable bonds is 5. The first-order valence-electron chi connectivity index (χ1n) is 6.95. The second kappa shape index (κ2) is 6.36. The van der Waals surface area contributed by atoms with E-state index in [4.69, 9.17) is 0 Å². The minimum atomic E-state index is 0.292. The highest BCUT2D eigenvalue weighted by Crippen LogP contribution is 2.10. The van der Waals surface area contributed by atoms with Gasteiger partial charge in [0.15, 0.2) is 0 Å². The zero-order valence-corrected chi connectivity index (χ0v) is 11.0. The normalized spacial score (nSPS) is 26.8. The van der Waals surface area contributed by atoms with Gasteiger partial charge in [-0.15, -0.1) is 0 Å². The highest BCUT2D eigenvalue weighted by molar-refractivity contribution is 5.76. The smallest absolute Gasteiger partial charge is 0.222 e. The zero-order chi connectivity index (χ0) is 12.1. The molecule has 0 radical (unpaired) electrons. The molecule has 98 valence electrons. The molecule has 1 unspecified atom stereocenters. The van der Waals surface area contributed by atoms with Crippen LogP contribution in [0.2, 0.25) is 0 Å². The van der Waals surface area contributed by atoms with Crippen LogP contribution in [0, 0.1) is 0 Å². The van der Waals surface area contributed by atoms with Gasteiger partial charge in [0.2, 0.25) is 5.91 Å². The monoisotopic (exact) mass is 239 g/mol. The van der Waals surface area contributed by atoms with Crippen LogP contribution in [-0.4, -0.2) is 61.5 Å². The highest BCUT2D eigenvalue weighted by atomic mass is 16.2. The number of amides is 1. The van der Waals surface area contributed by atoms with E-state index in [1.54, 1.807) is 0 Å². The van der Waals surface area contributed by atoms with Crippen LogP contribution in [0.5, 0.6) is 0 Å². The predicted molar refractivity (Wildman–Crippen MR) is 69.0 cm³/mol. The molecule has 0 aromatic heterocycles. The van der Waals surface area contributed by atoms with Crippen molar-refractivity contribution >= 4 is 5.91 Å². The summed E-state index contributed by atoms with van der Waals surface area (Å²) in [5.41, 5.74) is 0. The molecule has 0 spiro atoms. The fourth-order valence-electron chi connectivity index (χ4n) is 2.79. The molecule has 1 atom stereocenters. The molecular formula is C13H25N3O. The third-order valence-electron chi connectivity index (χ3n) is 3.91. The van der Waals surface area contributed by atoms with Crippen molar-refractivity contribution in [1.29, 1.82) is 0 Å². The van der Waals surface area contributed by atoms with Gasteiger partial charge in [-0.05, 0) is 51.9 Å². The predicted octanol–water partition coefficient (Wildman–Crippen LogP) is 0.683. The van der Waals surface area contributed by atoms with Crippen molar-refractivity contribution in [2.75, 3.05) is 39.8 Å². The molecule has 4 heteroatoms. The Bertz CT molecular complexity index is 251. The van der Waals surface area contributed by atoms with E-state index in [0.717, 1.165) is 19.5 Å². The van der Waals surface area contributed by atoms with Crippen LogP contribution in [0.1, 0.15) is 32.1 Å². The van der Waals surface area contributed by atoms with E-state index in [0.29, 0.717) is 18.4 Å². The molecule has 2 saturated heterocycles. The second-order valence-electron chi connectivity index (χ2n) is 5.37. The number of nitrogens with zero attached hydrogens (tertiary/aromatic N) is 2. The Morgan fingerprint density at radius 1 is 1.35 bits per heavy atom. The molecule has 0 aromatic carbocycles. The fourth-order valence-corrected chi connectivity index (χ4v) is 2.79. The average molecular weight is 239 g/mol. The summed E-state index contributed by atoms with van der Waals surface area (Å²) in [6.45, 7) is 5.78. The van der Waals surface area contributed by atoms with Crippen molar-refractivity contribution in [1.82, 2.24) is 15.1 Å². The molecule has 2 heterocycles. The molecule has 17 heavy (non-hydrogen) atoms. The largest absolute Gasteiger partial charge is 0.344 e. The number of piperidine rings is 1. The number of hydrogen-bond donors (Lipinski definition) is 1. The van der Waals surface area contributed by atoms with Crippen molar-refractivity contribution in [2.24, 2.45) is 0 Å². The van der Waals surface area contributed by atoms with Gasteiger partial charge in [0.05, 0.1) is 0 Å². The Labute approximate surface area is 104 Å². The molecular weight excluding hydrogens is 214 g/mol.